The third-order valence-electron chi connectivity index (χ3n) is 3.61. The Morgan fingerprint density at radius 3 is 2.86 bits per heavy atom. The van der Waals surface area contributed by atoms with Crippen LogP contribution in [0.2, 0.25) is 5.02 Å². The molecule has 0 radical (unpaired) electrons. The summed E-state index contributed by atoms with van der Waals surface area (Å²) in [7, 11) is 1.69. The number of benzene rings is 1. The number of thiophene rings is 1. The molecule has 0 spiro atoms. The molecule has 5 heteroatoms. The first-order chi connectivity index (χ1) is 10.6. The maximum Gasteiger partial charge on any atom is 0.203 e. The number of rotatable bonds is 5. The second-order valence-electron chi connectivity index (χ2n) is 5.14. The second kappa shape index (κ2) is 6.24. The number of carbonyl (C=O) groups excluding carboxylic acids is 1. The van der Waals surface area contributed by atoms with Gasteiger partial charge in [-0.05, 0) is 31.2 Å². The third kappa shape index (κ3) is 2.82. The van der Waals surface area contributed by atoms with E-state index in [2.05, 4.69) is 17.6 Å². The molecule has 0 N–H and O–H groups in total. The standard InChI is InChI=1S/C17H16ClNO2S/c1-11-8-13-10-15(22-17(13)19(11)6-7-21-2)16(20)12-4-3-5-14(18)9-12/h3-5,8-10H,6-7H2,1-2H3. The Labute approximate surface area is 138 Å². The van der Waals surface area contributed by atoms with Gasteiger partial charge in [-0.25, -0.2) is 0 Å². The number of ether oxygens (including phenoxy) is 1. The van der Waals surface area contributed by atoms with Crippen LogP contribution in [0.5, 0.6) is 0 Å². The Bertz CT molecular complexity index is 834. The summed E-state index contributed by atoms with van der Waals surface area (Å²) in [5.74, 6) is 0.0136. The highest BCUT2D eigenvalue weighted by molar-refractivity contribution is 7.20. The molecular weight excluding hydrogens is 318 g/mol. The van der Waals surface area contributed by atoms with Gasteiger partial charge in [-0.3, -0.25) is 4.79 Å². The van der Waals surface area contributed by atoms with Crippen molar-refractivity contribution in [2.45, 2.75) is 13.5 Å². The van der Waals surface area contributed by atoms with E-state index in [1.54, 1.807) is 31.4 Å². The van der Waals surface area contributed by atoms with Crippen LogP contribution >= 0.6 is 22.9 Å². The molecule has 0 aliphatic rings. The van der Waals surface area contributed by atoms with Crippen molar-refractivity contribution in [3.8, 4) is 0 Å². The predicted molar refractivity (Wildman–Crippen MR) is 91.3 cm³/mol. The van der Waals surface area contributed by atoms with Crippen LogP contribution in [0, 0.1) is 6.92 Å². The highest BCUT2D eigenvalue weighted by Crippen LogP contribution is 2.30. The van der Waals surface area contributed by atoms with E-state index in [4.69, 9.17) is 16.3 Å². The van der Waals surface area contributed by atoms with Crippen molar-refractivity contribution in [1.82, 2.24) is 4.57 Å². The van der Waals surface area contributed by atoms with Gasteiger partial charge in [0.2, 0.25) is 5.78 Å². The monoisotopic (exact) mass is 333 g/mol. The molecule has 0 atom stereocenters. The molecule has 0 fully saturated rings. The number of halogens is 1. The van der Waals surface area contributed by atoms with Gasteiger partial charge >= 0.3 is 0 Å². The molecule has 3 aromatic rings. The molecule has 0 amide bonds. The average Bonchev–Trinajstić information content (AvgIpc) is 3.02. The van der Waals surface area contributed by atoms with Crippen LogP contribution in [0.1, 0.15) is 20.9 Å². The van der Waals surface area contributed by atoms with E-state index in [9.17, 15) is 4.79 Å². The molecule has 22 heavy (non-hydrogen) atoms. The molecule has 3 rings (SSSR count). The summed E-state index contributed by atoms with van der Waals surface area (Å²) < 4.78 is 7.35. The lowest BCUT2D eigenvalue weighted by atomic mass is 10.1. The van der Waals surface area contributed by atoms with Crippen LogP contribution in [0.3, 0.4) is 0 Å². The molecular formula is C17H16ClNO2S. The number of carbonyl (C=O) groups is 1. The maximum absolute atomic E-state index is 12.6. The van der Waals surface area contributed by atoms with Gasteiger partial charge in [-0.1, -0.05) is 23.7 Å². The lowest BCUT2D eigenvalue weighted by Crippen LogP contribution is -2.04. The van der Waals surface area contributed by atoms with Gasteiger partial charge in [-0.2, -0.15) is 0 Å². The number of ketones is 1. The Morgan fingerprint density at radius 2 is 2.14 bits per heavy atom. The van der Waals surface area contributed by atoms with Crippen molar-refractivity contribution in [3.63, 3.8) is 0 Å². The van der Waals surface area contributed by atoms with Gasteiger partial charge in [0.05, 0.1) is 11.5 Å². The largest absolute Gasteiger partial charge is 0.383 e. The van der Waals surface area contributed by atoms with E-state index in [0.29, 0.717) is 17.2 Å². The Morgan fingerprint density at radius 1 is 1.32 bits per heavy atom. The molecule has 0 aliphatic heterocycles. The van der Waals surface area contributed by atoms with Crippen molar-refractivity contribution in [2.75, 3.05) is 13.7 Å². The van der Waals surface area contributed by atoms with E-state index < -0.39 is 0 Å². The highest BCUT2D eigenvalue weighted by Gasteiger charge is 2.16. The Hall–Kier alpha value is -1.62. The SMILES string of the molecule is COCCn1c(C)cc2cc(C(=O)c3cccc(Cl)c3)sc21. The number of methoxy groups -OCH3 is 1. The van der Waals surface area contributed by atoms with Crippen molar-refractivity contribution < 1.29 is 9.53 Å². The first kappa shape index (κ1) is 15.3. The van der Waals surface area contributed by atoms with Gasteiger partial charge in [0, 0.05) is 35.3 Å². The van der Waals surface area contributed by atoms with Crippen LogP contribution < -0.4 is 0 Å². The zero-order chi connectivity index (χ0) is 15.7. The van der Waals surface area contributed by atoms with Crippen LogP contribution in [0.25, 0.3) is 10.2 Å². The molecule has 2 aromatic heterocycles. The number of hydrogen-bond acceptors (Lipinski definition) is 3. The van der Waals surface area contributed by atoms with Crippen LogP contribution in [-0.2, 0) is 11.3 Å². The summed E-state index contributed by atoms with van der Waals surface area (Å²) in [6.07, 6.45) is 0. The number of nitrogens with zero attached hydrogens (tertiary/aromatic N) is 1. The minimum atomic E-state index is 0.0136. The summed E-state index contributed by atoms with van der Waals surface area (Å²) in [6.45, 7) is 3.51. The Kier molecular flexibility index (Phi) is 4.34. The van der Waals surface area contributed by atoms with E-state index in [1.807, 2.05) is 6.07 Å². The van der Waals surface area contributed by atoms with E-state index in [-0.39, 0.29) is 5.78 Å². The van der Waals surface area contributed by atoms with Crippen LogP contribution in [-0.4, -0.2) is 24.1 Å². The van der Waals surface area contributed by atoms with Gasteiger partial charge in [0.25, 0.3) is 0 Å². The molecule has 0 saturated heterocycles. The second-order valence-corrected chi connectivity index (χ2v) is 6.61. The minimum absolute atomic E-state index is 0.0136. The minimum Gasteiger partial charge on any atom is -0.383 e. The van der Waals surface area contributed by atoms with Crippen LogP contribution in [0.15, 0.2) is 36.4 Å². The molecule has 2 heterocycles. The number of fused-ring (bicyclic) bond motifs is 1. The number of aryl methyl sites for hydroxylation is 1. The number of hydrogen-bond donors (Lipinski definition) is 0. The zero-order valence-electron chi connectivity index (χ0n) is 12.4. The summed E-state index contributed by atoms with van der Waals surface area (Å²) in [6, 6.07) is 11.1. The highest BCUT2D eigenvalue weighted by atomic mass is 35.5. The van der Waals surface area contributed by atoms with Crippen molar-refractivity contribution in [2.24, 2.45) is 0 Å². The predicted octanol–water partition coefficient (Wildman–Crippen LogP) is 4.54. The summed E-state index contributed by atoms with van der Waals surface area (Å²) in [5, 5.41) is 1.68. The van der Waals surface area contributed by atoms with Crippen molar-refractivity contribution in [1.29, 1.82) is 0 Å². The molecule has 0 aliphatic carbocycles. The molecule has 3 nitrogen and oxygen atoms in total. The third-order valence-corrected chi connectivity index (χ3v) is 5.01. The van der Waals surface area contributed by atoms with Crippen molar-refractivity contribution >= 4 is 38.9 Å². The maximum atomic E-state index is 12.6. The lowest BCUT2D eigenvalue weighted by Gasteiger charge is -2.05. The van der Waals surface area contributed by atoms with E-state index >= 15 is 0 Å². The van der Waals surface area contributed by atoms with Crippen LogP contribution in [0.4, 0.5) is 0 Å². The van der Waals surface area contributed by atoms with E-state index in [0.717, 1.165) is 21.6 Å². The van der Waals surface area contributed by atoms with Gasteiger partial charge < -0.3 is 9.30 Å². The van der Waals surface area contributed by atoms with Gasteiger partial charge in [0.1, 0.15) is 4.83 Å². The first-order valence-electron chi connectivity index (χ1n) is 6.99. The summed E-state index contributed by atoms with van der Waals surface area (Å²) in [4.78, 5) is 14.4. The molecule has 0 bridgehead atoms. The first-order valence-corrected chi connectivity index (χ1v) is 8.18. The lowest BCUT2D eigenvalue weighted by molar-refractivity contribution is 0.104. The molecule has 0 unspecified atom stereocenters. The average molecular weight is 334 g/mol. The smallest absolute Gasteiger partial charge is 0.203 e. The van der Waals surface area contributed by atoms with Gasteiger partial charge in [0.15, 0.2) is 0 Å². The molecule has 0 saturated carbocycles. The fourth-order valence-corrected chi connectivity index (χ4v) is 3.89. The number of aromatic nitrogens is 1. The van der Waals surface area contributed by atoms with Crippen molar-refractivity contribution in [3.05, 3.63) is 57.6 Å². The molecule has 114 valence electrons. The fraction of sp³-hybridized carbons (Fsp3) is 0.235. The molecule has 1 aromatic carbocycles. The summed E-state index contributed by atoms with van der Waals surface area (Å²) >= 11 is 7.49. The van der Waals surface area contributed by atoms with E-state index in [1.165, 1.54) is 17.0 Å². The topological polar surface area (TPSA) is 31.2 Å². The fourth-order valence-electron chi connectivity index (χ4n) is 2.52. The quantitative estimate of drug-likeness (QED) is 0.642. The van der Waals surface area contributed by atoms with Gasteiger partial charge in [-0.15, -0.1) is 11.3 Å². The summed E-state index contributed by atoms with van der Waals surface area (Å²) in [5.41, 5.74) is 1.80. The zero-order valence-corrected chi connectivity index (χ0v) is 14.0. The normalized spacial score (nSPS) is 11.2. The Balaban J connectivity index is 1.98.